The van der Waals surface area contributed by atoms with Crippen molar-refractivity contribution in [3.05, 3.63) is 65.7 Å². The van der Waals surface area contributed by atoms with Crippen molar-refractivity contribution in [3.63, 3.8) is 0 Å². The SMILES string of the molecule is CC(C)c1ccc(OCCCC(C(=O)O)c2ccccc2)cc1. The Kier molecular flexibility index (Phi) is 6.21. The minimum atomic E-state index is -0.780. The lowest BCUT2D eigenvalue weighted by Gasteiger charge is -2.13. The van der Waals surface area contributed by atoms with Crippen molar-refractivity contribution < 1.29 is 14.6 Å². The lowest BCUT2D eigenvalue weighted by atomic mass is 9.94. The predicted molar refractivity (Wildman–Crippen MR) is 92.1 cm³/mol. The van der Waals surface area contributed by atoms with Gasteiger partial charge in [0.05, 0.1) is 12.5 Å². The Bertz CT molecular complexity index is 603. The third kappa shape index (κ3) is 5.13. The largest absolute Gasteiger partial charge is 0.494 e. The fourth-order valence-electron chi connectivity index (χ4n) is 2.54. The van der Waals surface area contributed by atoms with Gasteiger partial charge in [-0.15, -0.1) is 0 Å². The standard InChI is InChI=1S/C20H24O3/c1-15(2)16-10-12-18(13-11-16)23-14-6-9-19(20(21)22)17-7-4-3-5-8-17/h3-5,7-8,10-13,15,19H,6,9,14H2,1-2H3,(H,21,22). The van der Waals surface area contributed by atoms with Crippen LogP contribution in [0.2, 0.25) is 0 Å². The molecule has 0 saturated heterocycles. The summed E-state index contributed by atoms with van der Waals surface area (Å²) in [5.74, 6) is 0.0906. The molecule has 1 N–H and O–H groups in total. The molecule has 0 radical (unpaired) electrons. The van der Waals surface area contributed by atoms with E-state index in [1.165, 1.54) is 5.56 Å². The lowest BCUT2D eigenvalue weighted by Crippen LogP contribution is -2.13. The van der Waals surface area contributed by atoms with Crippen LogP contribution in [0.3, 0.4) is 0 Å². The van der Waals surface area contributed by atoms with Gasteiger partial charge in [-0.25, -0.2) is 0 Å². The predicted octanol–water partition coefficient (Wildman–Crippen LogP) is 4.84. The molecule has 2 aromatic rings. The summed E-state index contributed by atoms with van der Waals surface area (Å²) >= 11 is 0. The number of aliphatic carboxylic acids is 1. The van der Waals surface area contributed by atoms with Gasteiger partial charge in [0.2, 0.25) is 0 Å². The first-order valence-electron chi connectivity index (χ1n) is 8.08. The average Bonchev–Trinajstić information content (AvgIpc) is 2.55. The minimum absolute atomic E-state index is 0.469. The highest BCUT2D eigenvalue weighted by molar-refractivity contribution is 5.75. The number of hydrogen-bond acceptors (Lipinski definition) is 2. The van der Waals surface area contributed by atoms with E-state index in [0.717, 1.165) is 11.3 Å². The van der Waals surface area contributed by atoms with Crippen LogP contribution in [-0.2, 0) is 4.79 Å². The van der Waals surface area contributed by atoms with E-state index in [1.54, 1.807) is 0 Å². The summed E-state index contributed by atoms with van der Waals surface area (Å²) in [5, 5.41) is 9.38. The van der Waals surface area contributed by atoms with E-state index in [2.05, 4.69) is 26.0 Å². The van der Waals surface area contributed by atoms with Gasteiger partial charge in [0.25, 0.3) is 0 Å². The second kappa shape index (κ2) is 8.37. The van der Waals surface area contributed by atoms with Crippen molar-refractivity contribution in [1.82, 2.24) is 0 Å². The normalized spacial score (nSPS) is 12.1. The second-order valence-corrected chi connectivity index (χ2v) is 6.02. The summed E-state index contributed by atoms with van der Waals surface area (Å²) in [5.41, 5.74) is 2.13. The van der Waals surface area contributed by atoms with Crippen molar-refractivity contribution in [2.75, 3.05) is 6.61 Å². The monoisotopic (exact) mass is 312 g/mol. The number of carbonyl (C=O) groups is 1. The zero-order valence-corrected chi connectivity index (χ0v) is 13.7. The van der Waals surface area contributed by atoms with Gasteiger partial charge in [-0.1, -0.05) is 56.3 Å². The molecule has 0 amide bonds. The summed E-state index contributed by atoms with van der Waals surface area (Å²) < 4.78 is 5.71. The van der Waals surface area contributed by atoms with Crippen LogP contribution < -0.4 is 4.74 Å². The summed E-state index contributed by atoms with van der Waals surface area (Å²) in [6.45, 7) is 4.84. The van der Waals surface area contributed by atoms with Crippen molar-refractivity contribution in [2.45, 2.75) is 38.5 Å². The molecule has 1 atom stereocenters. The Balaban J connectivity index is 1.82. The summed E-state index contributed by atoms with van der Waals surface area (Å²) in [4.78, 5) is 11.4. The number of carboxylic acid groups (broad SMARTS) is 1. The van der Waals surface area contributed by atoms with E-state index in [4.69, 9.17) is 4.74 Å². The number of benzene rings is 2. The van der Waals surface area contributed by atoms with Crippen LogP contribution in [0.1, 0.15) is 49.7 Å². The van der Waals surface area contributed by atoms with Gasteiger partial charge < -0.3 is 9.84 Å². The quantitative estimate of drug-likeness (QED) is 0.710. The lowest BCUT2D eigenvalue weighted by molar-refractivity contribution is -0.139. The molecule has 3 heteroatoms. The molecule has 0 aliphatic heterocycles. The topological polar surface area (TPSA) is 46.5 Å². The molecule has 0 aliphatic rings. The number of carboxylic acids is 1. The van der Waals surface area contributed by atoms with Crippen molar-refractivity contribution in [1.29, 1.82) is 0 Å². The highest BCUT2D eigenvalue weighted by atomic mass is 16.5. The summed E-state index contributed by atoms with van der Waals surface area (Å²) in [6.07, 6.45) is 1.28. The first-order chi connectivity index (χ1) is 11.1. The molecule has 2 aromatic carbocycles. The molecule has 0 saturated carbocycles. The molecule has 0 bridgehead atoms. The molecule has 23 heavy (non-hydrogen) atoms. The molecule has 0 spiro atoms. The van der Waals surface area contributed by atoms with E-state index in [0.29, 0.717) is 25.4 Å². The zero-order valence-electron chi connectivity index (χ0n) is 13.7. The maximum Gasteiger partial charge on any atom is 0.310 e. The molecule has 1 unspecified atom stereocenters. The Morgan fingerprint density at radius 2 is 1.65 bits per heavy atom. The van der Waals surface area contributed by atoms with Gasteiger partial charge in [-0.3, -0.25) is 4.79 Å². The molecule has 0 aromatic heterocycles. The van der Waals surface area contributed by atoms with E-state index in [1.807, 2.05) is 42.5 Å². The van der Waals surface area contributed by atoms with Gasteiger partial charge in [0.1, 0.15) is 5.75 Å². The Morgan fingerprint density at radius 3 is 2.22 bits per heavy atom. The van der Waals surface area contributed by atoms with Gasteiger partial charge in [-0.2, -0.15) is 0 Å². The molecule has 122 valence electrons. The smallest absolute Gasteiger partial charge is 0.310 e. The number of hydrogen-bond donors (Lipinski definition) is 1. The highest BCUT2D eigenvalue weighted by Crippen LogP contribution is 2.22. The van der Waals surface area contributed by atoms with Crippen molar-refractivity contribution >= 4 is 5.97 Å². The van der Waals surface area contributed by atoms with Crippen LogP contribution in [0.5, 0.6) is 5.75 Å². The van der Waals surface area contributed by atoms with Crippen LogP contribution in [0.15, 0.2) is 54.6 Å². The zero-order chi connectivity index (χ0) is 16.7. The van der Waals surface area contributed by atoms with Gasteiger partial charge in [0.15, 0.2) is 0 Å². The highest BCUT2D eigenvalue weighted by Gasteiger charge is 2.18. The first-order valence-corrected chi connectivity index (χ1v) is 8.08. The van der Waals surface area contributed by atoms with E-state index >= 15 is 0 Å². The Hall–Kier alpha value is -2.29. The molecular weight excluding hydrogens is 288 g/mol. The molecular formula is C20H24O3. The van der Waals surface area contributed by atoms with E-state index in [-0.39, 0.29) is 0 Å². The van der Waals surface area contributed by atoms with Gasteiger partial charge >= 0.3 is 5.97 Å². The molecule has 3 nitrogen and oxygen atoms in total. The maximum atomic E-state index is 11.4. The number of rotatable bonds is 8. The maximum absolute atomic E-state index is 11.4. The Labute approximate surface area is 137 Å². The van der Waals surface area contributed by atoms with Crippen LogP contribution in [-0.4, -0.2) is 17.7 Å². The first kappa shape index (κ1) is 17.1. The molecule has 0 heterocycles. The minimum Gasteiger partial charge on any atom is -0.494 e. The summed E-state index contributed by atoms with van der Waals surface area (Å²) in [7, 11) is 0. The van der Waals surface area contributed by atoms with Crippen LogP contribution in [0.4, 0.5) is 0 Å². The van der Waals surface area contributed by atoms with E-state index < -0.39 is 11.9 Å². The van der Waals surface area contributed by atoms with Crippen LogP contribution in [0, 0.1) is 0 Å². The van der Waals surface area contributed by atoms with Gasteiger partial charge in [0, 0.05) is 0 Å². The van der Waals surface area contributed by atoms with E-state index in [9.17, 15) is 9.90 Å². The molecule has 0 aliphatic carbocycles. The van der Waals surface area contributed by atoms with Crippen molar-refractivity contribution in [3.8, 4) is 5.75 Å². The van der Waals surface area contributed by atoms with Crippen LogP contribution >= 0.6 is 0 Å². The average molecular weight is 312 g/mol. The fourth-order valence-corrected chi connectivity index (χ4v) is 2.54. The van der Waals surface area contributed by atoms with Crippen molar-refractivity contribution in [2.24, 2.45) is 0 Å². The Morgan fingerprint density at radius 1 is 1.00 bits per heavy atom. The summed E-state index contributed by atoms with van der Waals surface area (Å²) in [6, 6.07) is 17.5. The number of ether oxygens (including phenoxy) is 1. The van der Waals surface area contributed by atoms with Crippen LogP contribution in [0.25, 0.3) is 0 Å². The third-order valence-electron chi connectivity index (χ3n) is 3.95. The molecule has 2 rings (SSSR count). The van der Waals surface area contributed by atoms with Gasteiger partial charge in [-0.05, 0) is 42.0 Å². The second-order valence-electron chi connectivity index (χ2n) is 6.02. The third-order valence-corrected chi connectivity index (χ3v) is 3.95. The molecule has 0 fully saturated rings. The fraction of sp³-hybridized carbons (Fsp3) is 0.350.